The summed E-state index contributed by atoms with van der Waals surface area (Å²) in [5.41, 5.74) is 1.97. The van der Waals surface area contributed by atoms with Gasteiger partial charge in [-0.05, 0) is 31.5 Å². The molecule has 0 N–H and O–H groups in total. The number of benzene rings is 1. The Morgan fingerprint density at radius 3 is 2.38 bits per heavy atom. The van der Waals surface area contributed by atoms with Crippen LogP contribution in [-0.2, 0) is 12.6 Å². The van der Waals surface area contributed by atoms with E-state index >= 15 is 0 Å². The van der Waals surface area contributed by atoms with Crippen LogP contribution in [0.25, 0.3) is 5.82 Å². The molecule has 0 aliphatic carbocycles. The van der Waals surface area contributed by atoms with Gasteiger partial charge in [0.2, 0.25) is 5.88 Å². The molecule has 0 fully saturated rings. The molecule has 7 heteroatoms. The van der Waals surface area contributed by atoms with Gasteiger partial charge in [-0.25, -0.2) is 9.67 Å². The summed E-state index contributed by atoms with van der Waals surface area (Å²) in [6.07, 6.45) is -2.99. The van der Waals surface area contributed by atoms with Gasteiger partial charge in [0, 0.05) is 18.2 Å². The van der Waals surface area contributed by atoms with Gasteiger partial charge in [-0.2, -0.15) is 13.2 Å². The number of halogens is 3. The quantitative estimate of drug-likeness (QED) is 0.668. The number of nitrogens with zero attached hydrogens (tertiary/aromatic N) is 3. The van der Waals surface area contributed by atoms with Crippen molar-refractivity contribution in [3.8, 4) is 11.7 Å². The number of rotatable bonds is 5. The Balaban J connectivity index is 1.99. The van der Waals surface area contributed by atoms with Crippen molar-refractivity contribution in [3.63, 3.8) is 0 Å². The Kier molecular flexibility index (Phi) is 4.97. The molecule has 3 rings (SSSR count). The van der Waals surface area contributed by atoms with Crippen molar-refractivity contribution in [1.82, 2.24) is 14.8 Å². The molecule has 0 radical (unpaired) electrons. The summed E-state index contributed by atoms with van der Waals surface area (Å²) in [7, 11) is 0. The lowest BCUT2D eigenvalue weighted by Crippen LogP contribution is -2.08. The van der Waals surface area contributed by atoms with Gasteiger partial charge in [-0.1, -0.05) is 30.3 Å². The van der Waals surface area contributed by atoms with E-state index in [9.17, 15) is 13.2 Å². The summed E-state index contributed by atoms with van der Waals surface area (Å²) in [5, 5.41) is 4.41. The molecule has 136 valence electrons. The molecule has 0 atom stereocenters. The molecule has 0 spiro atoms. The third kappa shape index (κ3) is 3.71. The number of hydrogen-bond donors (Lipinski definition) is 0. The predicted octanol–water partition coefficient (Wildman–Crippen LogP) is 4.58. The third-order valence-electron chi connectivity index (χ3n) is 4.00. The highest BCUT2D eigenvalue weighted by Gasteiger charge is 2.31. The molecule has 0 unspecified atom stereocenters. The van der Waals surface area contributed by atoms with Gasteiger partial charge in [-0.3, -0.25) is 0 Å². The second kappa shape index (κ2) is 7.19. The summed E-state index contributed by atoms with van der Waals surface area (Å²) in [6.45, 7) is 4.16. The second-order valence-corrected chi connectivity index (χ2v) is 5.78. The van der Waals surface area contributed by atoms with Gasteiger partial charge in [0.25, 0.3) is 0 Å². The normalized spacial score (nSPS) is 11.6. The van der Waals surface area contributed by atoms with Crippen LogP contribution in [0.5, 0.6) is 5.88 Å². The zero-order valence-electron chi connectivity index (χ0n) is 14.4. The highest BCUT2D eigenvalue weighted by atomic mass is 19.4. The number of aromatic nitrogens is 3. The minimum absolute atomic E-state index is 0.316. The Hall–Kier alpha value is -2.83. The van der Waals surface area contributed by atoms with Crippen molar-refractivity contribution in [2.45, 2.75) is 26.4 Å². The maximum Gasteiger partial charge on any atom is 0.417 e. The fourth-order valence-electron chi connectivity index (χ4n) is 2.67. The molecule has 1 aromatic carbocycles. The van der Waals surface area contributed by atoms with Gasteiger partial charge in [0.1, 0.15) is 0 Å². The van der Waals surface area contributed by atoms with E-state index in [1.807, 2.05) is 44.2 Å². The largest absolute Gasteiger partial charge is 0.477 e. The van der Waals surface area contributed by atoms with Crippen molar-refractivity contribution in [1.29, 1.82) is 0 Å². The van der Waals surface area contributed by atoms with Gasteiger partial charge in [0.15, 0.2) is 5.82 Å². The molecule has 0 saturated carbocycles. The lowest BCUT2D eigenvalue weighted by atomic mass is 10.1. The maximum atomic E-state index is 12.7. The Bertz CT molecular complexity index is 872. The summed E-state index contributed by atoms with van der Waals surface area (Å²) in [5.74, 6) is 0.784. The zero-order valence-corrected chi connectivity index (χ0v) is 14.4. The van der Waals surface area contributed by atoms with Crippen LogP contribution in [-0.4, -0.2) is 21.4 Å². The number of pyridine rings is 1. The van der Waals surface area contributed by atoms with Crippen LogP contribution in [0.3, 0.4) is 0 Å². The molecule has 0 saturated heterocycles. The van der Waals surface area contributed by atoms with Gasteiger partial charge in [-0.15, -0.1) is 5.10 Å². The third-order valence-corrected chi connectivity index (χ3v) is 4.00. The maximum absolute atomic E-state index is 12.7. The molecule has 2 aromatic heterocycles. The van der Waals surface area contributed by atoms with E-state index < -0.39 is 11.7 Å². The van der Waals surface area contributed by atoms with Crippen molar-refractivity contribution >= 4 is 0 Å². The van der Waals surface area contributed by atoms with Crippen LogP contribution in [0.1, 0.15) is 29.3 Å². The first-order valence-electron chi connectivity index (χ1n) is 8.19. The summed E-state index contributed by atoms with van der Waals surface area (Å²) >= 11 is 0. The van der Waals surface area contributed by atoms with Gasteiger partial charge in [0.05, 0.1) is 17.9 Å². The van der Waals surface area contributed by atoms with Crippen molar-refractivity contribution in [3.05, 3.63) is 71.0 Å². The first-order chi connectivity index (χ1) is 12.4. The average Bonchev–Trinajstić information content (AvgIpc) is 2.92. The molecule has 0 amide bonds. The number of hydrogen-bond acceptors (Lipinski definition) is 3. The highest BCUT2D eigenvalue weighted by molar-refractivity contribution is 5.40. The molecular weight excluding hydrogens is 343 g/mol. The molecular formula is C19H18F3N3O. The lowest BCUT2D eigenvalue weighted by molar-refractivity contribution is -0.137. The second-order valence-electron chi connectivity index (χ2n) is 5.78. The van der Waals surface area contributed by atoms with Gasteiger partial charge < -0.3 is 4.74 Å². The Morgan fingerprint density at radius 2 is 1.81 bits per heavy atom. The van der Waals surface area contributed by atoms with E-state index in [-0.39, 0.29) is 0 Å². The van der Waals surface area contributed by atoms with Crippen LogP contribution in [0.2, 0.25) is 0 Å². The molecule has 0 aliphatic heterocycles. The monoisotopic (exact) mass is 361 g/mol. The molecule has 4 nitrogen and oxygen atoms in total. The standard InChI is InChI=1S/C19H18F3N3O/c1-3-26-18-16(11-14-7-5-4-6-8-14)13(2)25(24-18)17-10-9-15(12-23-17)19(20,21)22/h4-10,12H,3,11H2,1-2H3. The fourth-order valence-corrected chi connectivity index (χ4v) is 2.67. The smallest absolute Gasteiger partial charge is 0.417 e. The van der Waals surface area contributed by atoms with E-state index in [1.165, 1.54) is 10.7 Å². The molecule has 0 aliphatic rings. The summed E-state index contributed by atoms with van der Waals surface area (Å²) in [4.78, 5) is 3.92. The number of ether oxygens (including phenoxy) is 1. The van der Waals surface area contributed by atoms with Crippen molar-refractivity contribution in [2.75, 3.05) is 6.61 Å². The van der Waals surface area contributed by atoms with Crippen LogP contribution < -0.4 is 4.74 Å². The van der Waals surface area contributed by atoms with E-state index in [2.05, 4.69) is 10.1 Å². The topological polar surface area (TPSA) is 39.9 Å². The first-order valence-corrected chi connectivity index (χ1v) is 8.19. The van der Waals surface area contributed by atoms with Crippen LogP contribution >= 0.6 is 0 Å². The molecule has 2 heterocycles. The van der Waals surface area contributed by atoms with Crippen LogP contribution in [0, 0.1) is 6.92 Å². The highest BCUT2D eigenvalue weighted by Crippen LogP contribution is 2.30. The SMILES string of the molecule is CCOc1nn(-c2ccc(C(F)(F)F)cn2)c(C)c1Cc1ccccc1. The molecule has 3 aromatic rings. The number of alkyl halides is 3. The van der Waals surface area contributed by atoms with E-state index in [1.54, 1.807) is 0 Å². The average molecular weight is 361 g/mol. The minimum atomic E-state index is -4.42. The zero-order chi connectivity index (χ0) is 18.7. The van der Waals surface area contributed by atoms with Crippen LogP contribution in [0.15, 0.2) is 48.7 Å². The first kappa shape index (κ1) is 18.0. The molecule has 26 heavy (non-hydrogen) atoms. The predicted molar refractivity (Wildman–Crippen MR) is 91.5 cm³/mol. The fraction of sp³-hybridized carbons (Fsp3) is 0.263. The summed E-state index contributed by atoms with van der Waals surface area (Å²) in [6, 6.07) is 12.2. The van der Waals surface area contributed by atoms with Crippen molar-refractivity contribution in [2.24, 2.45) is 0 Å². The Morgan fingerprint density at radius 1 is 1.08 bits per heavy atom. The van der Waals surface area contributed by atoms with E-state index in [4.69, 9.17) is 4.74 Å². The molecule has 0 bridgehead atoms. The minimum Gasteiger partial charge on any atom is -0.477 e. The van der Waals surface area contributed by atoms with Gasteiger partial charge >= 0.3 is 6.18 Å². The Labute approximate surface area is 149 Å². The lowest BCUT2D eigenvalue weighted by Gasteiger charge is -2.08. The van der Waals surface area contributed by atoms with Crippen molar-refractivity contribution < 1.29 is 17.9 Å². The summed E-state index contributed by atoms with van der Waals surface area (Å²) < 4.78 is 45.3. The van der Waals surface area contributed by atoms with E-state index in [0.717, 1.165) is 29.1 Å². The van der Waals surface area contributed by atoms with E-state index in [0.29, 0.717) is 24.7 Å². The van der Waals surface area contributed by atoms with Crippen LogP contribution in [0.4, 0.5) is 13.2 Å².